The van der Waals surface area contributed by atoms with E-state index in [1.165, 1.54) is 23.5 Å². The van der Waals surface area contributed by atoms with Crippen LogP contribution in [0.2, 0.25) is 0 Å². The maximum Gasteiger partial charge on any atom is 0.264 e. The number of para-hydroxylation sites is 1. The molecule has 0 aliphatic rings. The van der Waals surface area contributed by atoms with Gasteiger partial charge in [0.1, 0.15) is 16.2 Å². The fraction of sp³-hybridized carbons (Fsp3) is 0.200. The van der Waals surface area contributed by atoms with E-state index in [4.69, 9.17) is 4.52 Å². The molecule has 2 heterocycles. The van der Waals surface area contributed by atoms with E-state index in [1.807, 2.05) is 31.3 Å². The third kappa shape index (κ3) is 5.19. The number of fused-ring (bicyclic) bond motifs is 2. The molecular formula is C25H23FN4O3S2. The minimum atomic E-state index is -3.77. The van der Waals surface area contributed by atoms with Crippen molar-refractivity contribution in [3.63, 3.8) is 0 Å². The summed E-state index contributed by atoms with van der Waals surface area (Å²) in [6, 6.07) is 17.0. The number of nitrogens with zero attached hydrogens (tertiary/aromatic N) is 3. The first kappa shape index (κ1) is 23.4. The van der Waals surface area contributed by atoms with Crippen molar-refractivity contribution in [2.24, 2.45) is 0 Å². The van der Waals surface area contributed by atoms with Crippen molar-refractivity contribution in [3.8, 4) is 0 Å². The largest absolute Gasteiger partial charge is 0.356 e. The average molecular weight is 511 g/mol. The van der Waals surface area contributed by atoms with Gasteiger partial charge >= 0.3 is 0 Å². The van der Waals surface area contributed by atoms with Crippen LogP contribution >= 0.6 is 11.3 Å². The van der Waals surface area contributed by atoms with Crippen LogP contribution in [0, 0.1) is 5.82 Å². The van der Waals surface area contributed by atoms with Gasteiger partial charge in [0.05, 0.1) is 15.9 Å². The fourth-order valence-corrected chi connectivity index (χ4v) is 6.06. The highest BCUT2D eigenvalue weighted by molar-refractivity contribution is 7.93. The van der Waals surface area contributed by atoms with Gasteiger partial charge < -0.3 is 9.42 Å². The molecule has 0 fully saturated rings. The SMILES string of the molecule is CN(CCCc1noc2cc(F)ccc12)Cc1cccc(NS(=O)(=O)c2cccc3scnc23)c1. The smallest absolute Gasteiger partial charge is 0.264 e. The Labute approximate surface area is 206 Å². The van der Waals surface area contributed by atoms with Crippen LogP contribution in [0.4, 0.5) is 10.1 Å². The van der Waals surface area contributed by atoms with E-state index in [0.29, 0.717) is 29.8 Å². The van der Waals surface area contributed by atoms with Crippen LogP contribution in [0.1, 0.15) is 17.7 Å². The summed E-state index contributed by atoms with van der Waals surface area (Å²) >= 11 is 1.41. The van der Waals surface area contributed by atoms with Gasteiger partial charge in [0.2, 0.25) is 0 Å². The summed E-state index contributed by atoms with van der Waals surface area (Å²) in [6.07, 6.45) is 1.56. The van der Waals surface area contributed by atoms with Gasteiger partial charge in [-0.05, 0) is 68.4 Å². The van der Waals surface area contributed by atoms with Crippen molar-refractivity contribution in [2.45, 2.75) is 24.3 Å². The highest BCUT2D eigenvalue weighted by Gasteiger charge is 2.19. The van der Waals surface area contributed by atoms with Gasteiger partial charge in [0, 0.05) is 23.7 Å². The van der Waals surface area contributed by atoms with Crippen molar-refractivity contribution < 1.29 is 17.3 Å². The van der Waals surface area contributed by atoms with Crippen LogP contribution in [0.15, 0.2) is 75.6 Å². The summed E-state index contributed by atoms with van der Waals surface area (Å²) in [4.78, 5) is 6.54. The molecule has 0 aliphatic heterocycles. The van der Waals surface area contributed by atoms with E-state index >= 15 is 0 Å². The second kappa shape index (κ2) is 9.73. The Morgan fingerprint density at radius 1 is 1.11 bits per heavy atom. The highest BCUT2D eigenvalue weighted by atomic mass is 32.2. The van der Waals surface area contributed by atoms with Crippen molar-refractivity contribution in [3.05, 3.63) is 83.2 Å². The number of benzene rings is 3. The molecule has 3 aromatic carbocycles. The van der Waals surface area contributed by atoms with Gasteiger partial charge in [-0.2, -0.15) is 0 Å². The van der Waals surface area contributed by atoms with E-state index in [9.17, 15) is 12.8 Å². The summed E-state index contributed by atoms with van der Waals surface area (Å²) < 4.78 is 48.1. The molecule has 35 heavy (non-hydrogen) atoms. The number of halogens is 1. The highest BCUT2D eigenvalue weighted by Crippen LogP contribution is 2.27. The predicted molar refractivity (Wildman–Crippen MR) is 135 cm³/mol. The van der Waals surface area contributed by atoms with Crippen molar-refractivity contribution in [2.75, 3.05) is 18.3 Å². The molecule has 180 valence electrons. The Hall–Kier alpha value is -3.34. The molecule has 0 radical (unpaired) electrons. The number of rotatable bonds is 9. The average Bonchev–Trinajstić information content (AvgIpc) is 3.45. The first-order valence-corrected chi connectivity index (χ1v) is 13.4. The molecule has 0 atom stereocenters. The summed E-state index contributed by atoms with van der Waals surface area (Å²) in [5, 5.41) is 4.91. The first-order valence-electron chi connectivity index (χ1n) is 11.1. The lowest BCUT2D eigenvalue weighted by atomic mass is 10.1. The zero-order valence-corrected chi connectivity index (χ0v) is 20.6. The molecule has 7 nitrogen and oxygen atoms in total. The molecule has 0 spiro atoms. The van der Waals surface area contributed by atoms with E-state index in [0.717, 1.165) is 34.3 Å². The number of aromatic nitrogens is 2. The predicted octanol–water partition coefficient (Wildman–Crippen LogP) is 5.44. The molecule has 0 amide bonds. The Morgan fingerprint density at radius 2 is 1.97 bits per heavy atom. The molecule has 0 unspecified atom stereocenters. The van der Waals surface area contributed by atoms with E-state index < -0.39 is 10.0 Å². The zero-order valence-electron chi connectivity index (χ0n) is 18.9. The molecule has 0 saturated heterocycles. The van der Waals surface area contributed by atoms with Crippen LogP contribution in [0.3, 0.4) is 0 Å². The van der Waals surface area contributed by atoms with Crippen LogP contribution < -0.4 is 4.72 Å². The standard InChI is InChI=1S/C25H23FN4O3S2/c1-30(12-4-7-21-20-11-10-18(26)14-22(20)33-28-21)15-17-5-2-6-19(13-17)29-35(31,32)24-9-3-8-23-25(24)27-16-34-23/h2-3,5-6,8-11,13-14,16,29H,4,7,12,15H2,1H3. The molecule has 5 aromatic rings. The van der Waals surface area contributed by atoms with Crippen molar-refractivity contribution >= 4 is 48.2 Å². The van der Waals surface area contributed by atoms with Gasteiger partial charge in [-0.1, -0.05) is 23.4 Å². The van der Waals surface area contributed by atoms with Gasteiger partial charge in [-0.15, -0.1) is 11.3 Å². The Bertz CT molecular complexity index is 1600. The van der Waals surface area contributed by atoms with Gasteiger partial charge in [0.25, 0.3) is 10.0 Å². The molecule has 0 saturated carbocycles. The normalized spacial score (nSPS) is 12.1. The molecule has 5 rings (SSSR count). The monoisotopic (exact) mass is 510 g/mol. The van der Waals surface area contributed by atoms with Crippen LogP contribution in [-0.4, -0.2) is 37.1 Å². The number of hydrogen-bond donors (Lipinski definition) is 1. The van der Waals surface area contributed by atoms with E-state index in [2.05, 4.69) is 19.8 Å². The number of thiazole rings is 1. The fourth-order valence-electron chi connectivity index (χ4n) is 4.07. The van der Waals surface area contributed by atoms with Crippen LogP contribution in [0.5, 0.6) is 0 Å². The van der Waals surface area contributed by atoms with Crippen molar-refractivity contribution in [1.29, 1.82) is 0 Å². The summed E-state index contributed by atoms with van der Waals surface area (Å²) in [5.41, 5.74) is 4.89. The second-order valence-electron chi connectivity index (χ2n) is 8.37. The van der Waals surface area contributed by atoms with E-state index in [1.54, 1.807) is 29.8 Å². The minimum absolute atomic E-state index is 0.168. The first-order chi connectivity index (χ1) is 16.9. The Morgan fingerprint density at radius 3 is 2.86 bits per heavy atom. The summed E-state index contributed by atoms with van der Waals surface area (Å²) in [5.74, 6) is -0.343. The number of aryl methyl sites for hydroxylation is 1. The number of hydrogen-bond acceptors (Lipinski definition) is 7. The molecule has 10 heteroatoms. The number of sulfonamides is 1. The maximum atomic E-state index is 13.3. The minimum Gasteiger partial charge on any atom is -0.356 e. The number of nitrogens with one attached hydrogen (secondary N) is 1. The van der Waals surface area contributed by atoms with Gasteiger partial charge in [-0.25, -0.2) is 17.8 Å². The number of anilines is 1. The molecule has 0 aliphatic carbocycles. The molecule has 1 N–H and O–H groups in total. The van der Waals surface area contributed by atoms with Crippen molar-refractivity contribution in [1.82, 2.24) is 15.0 Å². The maximum absolute atomic E-state index is 13.3. The second-order valence-corrected chi connectivity index (χ2v) is 10.9. The third-order valence-corrected chi connectivity index (χ3v) is 7.91. The van der Waals surface area contributed by atoms with Crippen LogP contribution in [-0.2, 0) is 23.0 Å². The van der Waals surface area contributed by atoms with Crippen LogP contribution in [0.25, 0.3) is 21.2 Å². The molecule has 0 bridgehead atoms. The lowest BCUT2D eigenvalue weighted by molar-refractivity contribution is 0.320. The summed E-state index contributed by atoms with van der Waals surface area (Å²) in [6.45, 7) is 1.46. The Kier molecular flexibility index (Phi) is 6.50. The third-order valence-electron chi connectivity index (χ3n) is 5.71. The lowest BCUT2D eigenvalue weighted by Gasteiger charge is -2.17. The molecular weight excluding hydrogens is 487 g/mol. The lowest BCUT2D eigenvalue weighted by Crippen LogP contribution is -2.20. The van der Waals surface area contributed by atoms with Gasteiger partial charge in [-0.3, -0.25) is 4.72 Å². The Balaban J connectivity index is 1.20. The zero-order chi connectivity index (χ0) is 24.4. The van der Waals surface area contributed by atoms with E-state index in [-0.39, 0.29) is 10.7 Å². The topological polar surface area (TPSA) is 88.3 Å². The summed E-state index contributed by atoms with van der Waals surface area (Å²) in [7, 11) is -1.76. The molecule has 2 aromatic heterocycles. The van der Waals surface area contributed by atoms with Gasteiger partial charge in [0.15, 0.2) is 5.58 Å². The quantitative estimate of drug-likeness (QED) is 0.284.